The second-order valence-electron chi connectivity index (χ2n) is 13.5. The number of fused-ring (bicyclic) bond motifs is 3. The maximum Gasteiger partial charge on any atom is 0.164 e. The van der Waals surface area contributed by atoms with Crippen LogP contribution in [0.15, 0.2) is 200 Å². The summed E-state index contributed by atoms with van der Waals surface area (Å²) in [4.78, 5) is 19.9. The van der Waals surface area contributed by atoms with Gasteiger partial charge in [-0.05, 0) is 76.9 Å². The summed E-state index contributed by atoms with van der Waals surface area (Å²) in [5.41, 5.74) is 12.5. The fraction of sp³-hybridized carbons (Fsp3) is 0. The molecule has 3 aromatic heterocycles. The van der Waals surface area contributed by atoms with Crippen molar-refractivity contribution in [2.24, 2.45) is 0 Å². The van der Waals surface area contributed by atoms with Gasteiger partial charge < -0.3 is 4.57 Å². The smallest absolute Gasteiger partial charge is 0.164 e. The lowest BCUT2D eigenvalue weighted by Crippen LogP contribution is -2.02. The highest BCUT2D eigenvalue weighted by molar-refractivity contribution is 6.12. The Balaban J connectivity index is 1.21. The summed E-state index contributed by atoms with van der Waals surface area (Å²) in [6.07, 6.45) is 1.85. The molecule has 0 aliphatic carbocycles. The van der Waals surface area contributed by atoms with Gasteiger partial charge in [0.1, 0.15) is 0 Å². The standard InChI is InChI=1S/C50H33N5/c1-5-15-34(16-6-1)38-24-27-45-41(31-38)42-32-39(35-17-7-2-8-18-35)25-28-46(42)55(45)47-29-26-40(33-43(47)44-23-13-14-30-51-44)50-53-48(36-19-9-3-10-20-36)52-49(54-50)37-21-11-4-12-22-37/h1-33H. The molecule has 7 aromatic carbocycles. The van der Waals surface area contributed by atoms with Crippen LogP contribution in [0.4, 0.5) is 0 Å². The molecule has 0 N–H and O–H groups in total. The van der Waals surface area contributed by atoms with Crippen LogP contribution in [-0.2, 0) is 0 Å². The Labute approximate surface area is 318 Å². The molecule has 0 spiro atoms. The maximum absolute atomic E-state index is 5.05. The second kappa shape index (κ2) is 13.8. The minimum atomic E-state index is 0.596. The third kappa shape index (κ3) is 6.04. The molecule has 0 unspecified atom stereocenters. The molecule has 5 heteroatoms. The van der Waals surface area contributed by atoms with E-state index in [9.17, 15) is 0 Å². The van der Waals surface area contributed by atoms with Gasteiger partial charge in [-0.15, -0.1) is 0 Å². The number of pyridine rings is 1. The SMILES string of the molecule is c1ccc(-c2ccc3c(c2)c2cc(-c4ccccc4)ccc2n3-c2ccc(-c3nc(-c4ccccc4)nc(-c4ccccc4)n3)cc2-c2ccccn2)cc1. The van der Waals surface area contributed by atoms with Gasteiger partial charge >= 0.3 is 0 Å². The van der Waals surface area contributed by atoms with Crippen LogP contribution in [0.3, 0.4) is 0 Å². The molecule has 0 atom stereocenters. The molecule has 0 aliphatic heterocycles. The molecular formula is C50H33N5. The molecule has 258 valence electrons. The third-order valence-corrected chi connectivity index (χ3v) is 10.1. The molecule has 10 rings (SSSR count). The van der Waals surface area contributed by atoms with E-state index in [4.69, 9.17) is 19.9 Å². The minimum absolute atomic E-state index is 0.596. The summed E-state index contributed by atoms with van der Waals surface area (Å²) in [7, 11) is 0. The molecule has 0 amide bonds. The lowest BCUT2D eigenvalue weighted by molar-refractivity contribution is 1.07. The lowest BCUT2D eigenvalue weighted by atomic mass is 10.0. The van der Waals surface area contributed by atoms with Crippen molar-refractivity contribution < 1.29 is 0 Å². The van der Waals surface area contributed by atoms with Crippen molar-refractivity contribution in [3.63, 3.8) is 0 Å². The zero-order valence-corrected chi connectivity index (χ0v) is 29.8. The zero-order valence-electron chi connectivity index (χ0n) is 29.8. The van der Waals surface area contributed by atoms with Crippen molar-refractivity contribution in [2.45, 2.75) is 0 Å². The summed E-state index contributed by atoms with van der Waals surface area (Å²) in [5, 5.41) is 2.37. The molecule has 3 heterocycles. The first-order chi connectivity index (χ1) is 27.3. The molecule has 0 radical (unpaired) electrons. The molecule has 0 bridgehead atoms. The zero-order chi connectivity index (χ0) is 36.6. The summed E-state index contributed by atoms with van der Waals surface area (Å²) < 4.78 is 2.38. The summed E-state index contributed by atoms with van der Waals surface area (Å²) in [5.74, 6) is 1.84. The quantitative estimate of drug-likeness (QED) is 0.166. The van der Waals surface area contributed by atoms with Crippen LogP contribution >= 0.6 is 0 Å². The van der Waals surface area contributed by atoms with Gasteiger partial charge in [-0.2, -0.15) is 0 Å². The van der Waals surface area contributed by atoms with E-state index in [0.29, 0.717) is 17.5 Å². The highest BCUT2D eigenvalue weighted by Gasteiger charge is 2.20. The highest BCUT2D eigenvalue weighted by Crippen LogP contribution is 2.40. The van der Waals surface area contributed by atoms with Gasteiger partial charge in [-0.25, -0.2) is 15.0 Å². The van der Waals surface area contributed by atoms with Crippen LogP contribution < -0.4 is 0 Å². The average molecular weight is 704 g/mol. The van der Waals surface area contributed by atoms with E-state index in [1.54, 1.807) is 0 Å². The third-order valence-electron chi connectivity index (χ3n) is 10.1. The number of nitrogens with zero attached hydrogens (tertiary/aromatic N) is 5. The predicted octanol–water partition coefficient (Wildman–Crippen LogP) is 12.4. The van der Waals surface area contributed by atoms with Gasteiger partial charge in [0.15, 0.2) is 17.5 Å². The van der Waals surface area contributed by atoms with Gasteiger partial charge in [-0.3, -0.25) is 4.98 Å². The fourth-order valence-corrected chi connectivity index (χ4v) is 7.44. The Morgan fingerprint density at radius 2 is 0.764 bits per heavy atom. The first-order valence-corrected chi connectivity index (χ1v) is 18.4. The van der Waals surface area contributed by atoms with E-state index in [-0.39, 0.29) is 0 Å². The fourth-order valence-electron chi connectivity index (χ4n) is 7.44. The Kier molecular flexibility index (Phi) is 8.08. The number of hydrogen-bond acceptors (Lipinski definition) is 4. The summed E-state index contributed by atoms with van der Waals surface area (Å²) >= 11 is 0. The van der Waals surface area contributed by atoms with Crippen molar-refractivity contribution in [1.29, 1.82) is 0 Å². The summed E-state index contributed by atoms with van der Waals surface area (Å²) in [6, 6.07) is 67.4. The molecule has 0 saturated heterocycles. The lowest BCUT2D eigenvalue weighted by Gasteiger charge is -2.16. The van der Waals surface area contributed by atoms with Crippen molar-refractivity contribution in [2.75, 3.05) is 0 Å². The van der Waals surface area contributed by atoms with E-state index in [2.05, 4.69) is 126 Å². The van der Waals surface area contributed by atoms with Gasteiger partial charge in [0, 0.05) is 39.2 Å². The van der Waals surface area contributed by atoms with Crippen molar-refractivity contribution in [1.82, 2.24) is 24.5 Å². The molecule has 0 saturated carbocycles. The topological polar surface area (TPSA) is 56.5 Å². The van der Waals surface area contributed by atoms with Gasteiger partial charge in [-0.1, -0.05) is 140 Å². The Bertz CT molecular complexity index is 2790. The van der Waals surface area contributed by atoms with Crippen LogP contribution in [0.2, 0.25) is 0 Å². The van der Waals surface area contributed by atoms with Crippen LogP contribution in [0.5, 0.6) is 0 Å². The molecular weight excluding hydrogens is 671 g/mol. The van der Waals surface area contributed by atoms with Crippen molar-refractivity contribution >= 4 is 21.8 Å². The highest BCUT2D eigenvalue weighted by atomic mass is 15.0. The second-order valence-corrected chi connectivity index (χ2v) is 13.5. The van der Waals surface area contributed by atoms with Crippen LogP contribution in [0, 0.1) is 0 Å². The van der Waals surface area contributed by atoms with Crippen LogP contribution in [0.25, 0.3) is 95.2 Å². The van der Waals surface area contributed by atoms with Crippen LogP contribution in [0.1, 0.15) is 0 Å². The van der Waals surface area contributed by atoms with Crippen molar-refractivity contribution in [3.05, 3.63) is 200 Å². The first kappa shape index (κ1) is 32.2. The largest absolute Gasteiger partial charge is 0.309 e. The van der Waals surface area contributed by atoms with E-state index in [0.717, 1.165) is 44.7 Å². The molecule has 55 heavy (non-hydrogen) atoms. The molecule has 10 aromatic rings. The van der Waals surface area contributed by atoms with E-state index in [1.165, 1.54) is 33.0 Å². The Hall–Kier alpha value is -7.50. The van der Waals surface area contributed by atoms with E-state index >= 15 is 0 Å². The molecule has 0 aliphatic rings. The van der Waals surface area contributed by atoms with Crippen molar-refractivity contribution in [3.8, 4) is 73.4 Å². The van der Waals surface area contributed by atoms with Gasteiger partial charge in [0.25, 0.3) is 0 Å². The molecule has 0 fully saturated rings. The van der Waals surface area contributed by atoms with E-state index < -0.39 is 0 Å². The summed E-state index contributed by atoms with van der Waals surface area (Å²) in [6.45, 7) is 0. The number of aromatic nitrogens is 5. The van der Waals surface area contributed by atoms with Gasteiger partial charge in [0.2, 0.25) is 0 Å². The minimum Gasteiger partial charge on any atom is -0.309 e. The number of hydrogen-bond donors (Lipinski definition) is 0. The predicted molar refractivity (Wildman–Crippen MR) is 225 cm³/mol. The first-order valence-electron chi connectivity index (χ1n) is 18.4. The molecule has 5 nitrogen and oxygen atoms in total. The van der Waals surface area contributed by atoms with Crippen LogP contribution in [-0.4, -0.2) is 24.5 Å². The van der Waals surface area contributed by atoms with Gasteiger partial charge in [0.05, 0.1) is 22.4 Å². The average Bonchev–Trinajstić information content (AvgIpc) is 3.60. The Morgan fingerprint density at radius 3 is 1.24 bits per heavy atom. The maximum atomic E-state index is 5.05. The normalized spacial score (nSPS) is 11.3. The monoisotopic (exact) mass is 703 g/mol. The Morgan fingerprint density at radius 1 is 0.327 bits per heavy atom. The van der Waals surface area contributed by atoms with E-state index in [1.807, 2.05) is 79.0 Å². The number of rotatable bonds is 7. The number of benzene rings is 7.